The molecule has 1 aliphatic rings. The number of methoxy groups -OCH3 is 1. The van der Waals surface area contributed by atoms with Gasteiger partial charge < -0.3 is 15.4 Å². The maximum Gasteiger partial charge on any atom is 0.255 e. The Balaban J connectivity index is 1.89. The van der Waals surface area contributed by atoms with Gasteiger partial charge in [0.05, 0.1) is 12.7 Å². The zero-order chi connectivity index (χ0) is 21.2. The minimum Gasteiger partial charge on any atom is -0.496 e. The molecule has 1 heterocycles. The third-order valence-electron chi connectivity index (χ3n) is 4.60. The van der Waals surface area contributed by atoms with Crippen LogP contribution in [0.3, 0.4) is 0 Å². The van der Waals surface area contributed by atoms with Crippen molar-refractivity contribution in [3.05, 3.63) is 29.8 Å². The van der Waals surface area contributed by atoms with E-state index in [0.29, 0.717) is 43.0 Å². The summed E-state index contributed by atoms with van der Waals surface area (Å²) in [6.07, 6.45) is 3.41. The molecule has 9 heteroatoms. The number of hydrogen-bond donors (Lipinski definition) is 2. The molecule has 1 aliphatic heterocycles. The van der Waals surface area contributed by atoms with Crippen molar-refractivity contribution in [2.75, 3.05) is 32.2 Å². The maximum atomic E-state index is 12.6. The van der Waals surface area contributed by atoms with Crippen molar-refractivity contribution in [2.45, 2.75) is 31.7 Å². The van der Waals surface area contributed by atoms with Crippen LogP contribution in [0.15, 0.2) is 24.3 Å². The summed E-state index contributed by atoms with van der Waals surface area (Å²) in [7, 11) is 1.49. The molecule has 0 saturated carbocycles. The zero-order valence-electron chi connectivity index (χ0n) is 16.7. The van der Waals surface area contributed by atoms with Gasteiger partial charge in [0.1, 0.15) is 11.8 Å². The van der Waals surface area contributed by atoms with Crippen LogP contribution in [-0.2, 0) is 14.4 Å². The molecule has 1 atom stereocenters. The number of carbonyl (C=O) groups is 4. The molecule has 1 aromatic rings. The molecule has 1 aromatic carbocycles. The van der Waals surface area contributed by atoms with E-state index in [4.69, 9.17) is 4.74 Å². The Hall–Kier alpha value is -2.55. The number of likely N-dealkylation sites (tertiary alicyclic amines) is 1. The van der Waals surface area contributed by atoms with Gasteiger partial charge in [0.2, 0.25) is 17.7 Å². The smallest absolute Gasteiger partial charge is 0.255 e. The fraction of sp³-hybridized carbons (Fsp3) is 0.500. The van der Waals surface area contributed by atoms with E-state index in [1.807, 2.05) is 6.26 Å². The number of carbonyl (C=O) groups excluding carboxylic acids is 4. The normalized spacial score (nSPS) is 14.6. The maximum absolute atomic E-state index is 12.6. The van der Waals surface area contributed by atoms with Crippen molar-refractivity contribution >= 4 is 35.4 Å². The standard InChI is InChI=1S/C20H27N3O5S/c1-28-16-7-4-3-6-14(16)19(26)22-15(10-13-29-2)20(27)21-11-5-12-23-17(24)8-9-18(23)25/h3-4,6-7,15H,5,8-13H2,1-2H3,(H,21,27)(H,22,26). The summed E-state index contributed by atoms with van der Waals surface area (Å²) in [5, 5.41) is 5.56. The molecule has 2 N–H and O–H groups in total. The fourth-order valence-electron chi connectivity index (χ4n) is 3.02. The van der Waals surface area contributed by atoms with Crippen molar-refractivity contribution in [1.82, 2.24) is 15.5 Å². The number of rotatable bonds is 11. The minimum atomic E-state index is -0.685. The predicted octanol–water partition coefficient (Wildman–Crippen LogP) is 1.20. The Morgan fingerprint density at radius 3 is 2.55 bits per heavy atom. The average molecular weight is 422 g/mol. The molecule has 158 valence electrons. The molecular formula is C20H27N3O5S. The van der Waals surface area contributed by atoms with Crippen molar-refractivity contribution in [1.29, 1.82) is 0 Å². The van der Waals surface area contributed by atoms with Crippen LogP contribution in [0.2, 0.25) is 0 Å². The van der Waals surface area contributed by atoms with E-state index in [1.54, 1.807) is 36.0 Å². The van der Waals surface area contributed by atoms with E-state index in [2.05, 4.69) is 10.6 Å². The molecule has 0 spiro atoms. The Morgan fingerprint density at radius 2 is 1.90 bits per heavy atom. The van der Waals surface area contributed by atoms with Crippen LogP contribution in [0.25, 0.3) is 0 Å². The Labute approximate surface area is 174 Å². The number of para-hydroxylation sites is 1. The summed E-state index contributed by atoms with van der Waals surface area (Å²) in [6, 6.07) is 6.14. The number of hydrogen-bond acceptors (Lipinski definition) is 6. The number of benzene rings is 1. The van der Waals surface area contributed by atoms with Crippen LogP contribution in [0.1, 0.15) is 36.0 Å². The van der Waals surface area contributed by atoms with E-state index in [0.717, 1.165) is 0 Å². The van der Waals surface area contributed by atoms with Gasteiger partial charge in [0.25, 0.3) is 5.91 Å². The summed E-state index contributed by atoms with van der Waals surface area (Å²) in [5.41, 5.74) is 0.364. The van der Waals surface area contributed by atoms with Crippen LogP contribution < -0.4 is 15.4 Å². The average Bonchev–Trinajstić information content (AvgIpc) is 3.05. The highest BCUT2D eigenvalue weighted by Gasteiger charge is 2.28. The summed E-state index contributed by atoms with van der Waals surface area (Å²) in [5.74, 6) is 0.153. The molecule has 0 aromatic heterocycles. The van der Waals surface area contributed by atoms with Crippen LogP contribution in [0.5, 0.6) is 5.75 Å². The van der Waals surface area contributed by atoms with Gasteiger partial charge in [-0.1, -0.05) is 12.1 Å². The van der Waals surface area contributed by atoms with Gasteiger partial charge in [0.15, 0.2) is 0 Å². The number of nitrogens with zero attached hydrogens (tertiary/aromatic N) is 1. The molecule has 1 saturated heterocycles. The quantitative estimate of drug-likeness (QED) is 0.411. The van der Waals surface area contributed by atoms with E-state index in [-0.39, 0.29) is 36.5 Å². The minimum absolute atomic E-state index is 0.164. The summed E-state index contributed by atoms with van der Waals surface area (Å²) in [6.45, 7) is 0.608. The van der Waals surface area contributed by atoms with Crippen molar-refractivity contribution in [3.63, 3.8) is 0 Å². The molecule has 0 radical (unpaired) electrons. The summed E-state index contributed by atoms with van der Waals surface area (Å²) < 4.78 is 5.21. The van der Waals surface area contributed by atoms with Crippen molar-refractivity contribution in [3.8, 4) is 5.75 Å². The monoisotopic (exact) mass is 421 g/mol. The first-order valence-corrected chi connectivity index (χ1v) is 10.9. The second-order valence-electron chi connectivity index (χ2n) is 6.59. The second kappa shape index (κ2) is 11.5. The number of amides is 4. The summed E-state index contributed by atoms with van der Waals surface area (Å²) in [4.78, 5) is 49.6. The third kappa shape index (κ3) is 6.49. The third-order valence-corrected chi connectivity index (χ3v) is 5.24. The number of ether oxygens (including phenoxy) is 1. The van der Waals surface area contributed by atoms with Crippen LogP contribution in [0.4, 0.5) is 0 Å². The zero-order valence-corrected chi connectivity index (χ0v) is 17.5. The van der Waals surface area contributed by atoms with Gasteiger partial charge in [-0.25, -0.2) is 0 Å². The van der Waals surface area contributed by atoms with Gasteiger partial charge in [-0.05, 0) is 37.0 Å². The van der Waals surface area contributed by atoms with Crippen LogP contribution in [-0.4, -0.2) is 66.8 Å². The van der Waals surface area contributed by atoms with Gasteiger partial charge in [-0.15, -0.1) is 0 Å². The first kappa shape index (κ1) is 22.7. The molecule has 29 heavy (non-hydrogen) atoms. The molecule has 1 fully saturated rings. The predicted molar refractivity (Wildman–Crippen MR) is 111 cm³/mol. The van der Waals surface area contributed by atoms with Gasteiger partial charge in [0, 0.05) is 25.9 Å². The van der Waals surface area contributed by atoms with E-state index in [1.165, 1.54) is 12.0 Å². The lowest BCUT2D eigenvalue weighted by Gasteiger charge is -2.19. The Bertz CT molecular complexity index is 739. The highest BCUT2D eigenvalue weighted by atomic mass is 32.2. The van der Waals surface area contributed by atoms with Gasteiger partial charge >= 0.3 is 0 Å². The largest absolute Gasteiger partial charge is 0.496 e. The highest BCUT2D eigenvalue weighted by molar-refractivity contribution is 7.98. The Morgan fingerprint density at radius 1 is 1.21 bits per heavy atom. The van der Waals surface area contributed by atoms with Crippen molar-refractivity contribution in [2.24, 2.45) is 0 Å². The lowest BCUT2D eigenvalue weighted by molar-refractivity contribution is -0.138. The fourth-order valence-corrected chi connectivity index (χ4v) is 3.49. The summed E-state index contributed by atoms with van der Waals surface area (Å²) >= 11 is 1.59. The Kier molecular flexibility index (Phi) is 8.98. The topological polar surface area (TPSA) is 105 Å². The van der Waals surface area contributed by atoms with Crippen LogP contribution >= 0.6 is 11.8 Å². The first-order valence-electron chi connectivity index (χ1n) is 9.51. The SMILES string of the molecule is COc1ccccc1C(=O)NC(CCSC)C(=O)NCCCN1C(=O)CCC1=O. The lowest BCUT2D eigenvalue weighted by atomic mass is 10.1. The molecule has 1 unspecified atom stereocenters. The van der Waals surface area contributed by atoms with E-state index < -0.39 is 6.04 Å². The number of nitrogens with one attached hydrogen (secondary N) is 2. The number of imide groups is 1. The highest BCUT2D eigenvalue weighted by Crippen LogP contribution is 2.17. The van der Waals surface area contributed by atoms with Gasteiger partial charge in [-0.2, -0.15) is 11.8 Å². The van der Waals surface area contributed by atoms with Crippen LogP contribution in [0, 0.1) is 0 Å². The van der Waals surface area contributed by atoms with E-state index in [9.17, 15) is 19.2 Å². The molecule has 4 amide bonds. The lowest BCUT2D eigenvalue weighted by Crippen LogP contribution is -2.47. The molecule has 8 nitrogen and oxygen atoms in total. The molecule has 0 aliphatic carbocycles. The molecular weight excluding hydrogens is 394 g/mol. The van der Waals surface area contributed by atoms with Crippen molar-refractivity contribution < 1.29 is 23.9 Å². The number of thioether (sulfide) groups is 1. The molecule has 0 bridgehead atoms. The van der Waals surface area contributed by atoms with Gasteiger partial charge in [-0.3, -0.25) is 24.1 Å². The molecule has 2 rings (SSSR count). The second-order valence-corrected chi connectivity index (χ2v) is 7.58. The van der Waals surface area contributed by atoms with E-state index >= 15 is 0 Å². The first-order chi connectivity index (χ1) is 14.0.